The molecule has 102 valence electrons. The van der Waals surface area contributed by atoms with E-state index in [0.29, 0.717) is 12.5 Å². The molecule has 0 spiro atoms. The normalized spacial score (nSPS) is 10.9. The van der Waals surface area contributed by atoms with E-state index in [9.17, 15) is 4.79 Å². The van der Waals surface area contributed by atoms with Crippen LogP contribution in [0.4, 0.5) is 0 Å². The topological polar surface area (TPSA) is 49.0 Å². The lowest BCUT2D eigenvalue weighted by Gasteiger charge is -2.05. The number of nitrogens with zero attached hydrogens (tertiary/aromatic N) is 3. The van der Waals surface area contributed by atoms with Crippen LogP contribution in [-0.2, 0) is 7.05 Å². The molecule has 5 heteroatoms. The average Bonchev–Trinajstić information content (AvgIpc) is 2.73. The molecule has 0 saturated carbocycles. The fourth-order valence-corrected chi connectivity index (χ4v) is 2.28. The number of rotatable bonds is 3. The van der Waals surface area contributed by atoms with Crippen LogP contribution in [-0.4, -0.2) is 20.7 Å². The van der Waals surface area contributed by atoms with Gasteiger partial charge in [-0.3, -0.25) is 9.13 Å². The van der Waals surface area contributed by atoms with Crippen LogP contribution in [0.2, 0.25) is 0 Å². The second-order valence-corrected chi connectivity index (χ2v) is 4.45. The van der Waals surface area contributed by atoms with E-state index in [2.05, 4.69) is 4.98 Å². The number of para-hydroxylation sites is 2. The molecule has 2 heterocycles. The van der Waals surface area contributed by atoms with Crippen LogP contribution in [0, 0.1) is 0 Å². The van der Waals surface area contributed by atoms with Gasteiger partial charge in [0.15, 0.2) is 0 Å². The highest BCUT2D eigenvalue weighted by molar-refractivity contribution is 5.77. The zero-order chi connectivity index (χ0) is 14.1. The molecule has 0 aliphatic heterocycles. The Balaban J connectivity index is 2.19. The summed E-state index contributed by atoms with van der Waals surface area (Å²) in [6, 6.07) is 11.3. The molecule has 0 radical (unpaired) electrons. The lowest BCUT2D eigenvalue weighted by molar-refractivity contribution is 0.327. The van der Waals surface area contributed by atoms with E-state index in [0.717, 1.165) is 16.7 Å². The average molecular weight is 269 g/mol. The van der Waals surface area contributed by atoms with Crippen molar-refractivity contribution < 1.29 is 4.74 Å². The Morgan fingerprint density at radius 2 is 1.90 bits per heavy atom. The summed E-state index contributed by atoms with van der Waals surface area (Å²) in [6.07, 6.45) is 1.65. The third kappa shape index (κ3) is 1.87. The van der Waals surface area contributed by atoms with Crippen LogP contribution in [0.5, 0.6) is 5.88 Å². The SMILES string of the molecule is CCOc1ccc(-n2c(=O)n(C)c3ccccc32)cn1. The highest BCUT2D eigenvalue weighted by Gasteiger charge is 2.11. The second-order valence-electron chi connectivity index (χ2n) is 4.45. The standard InChI is InChI=1S/C15H15N3O2/c1-3-20-14-9-8-11(10-16-14)18-13-7-5-4-6-12(13)17(2)15(18)19/h4-10H,3H2,1-2H3. The first-order valence-corrected chi connectivity index (χ1v) is 6.48. The minimum atomic E-state index is -0.0860. The number of hydrogen-bond donors (Lipinski definition) is 0. The molecule has 0 saturated heterocycles. The molecule has 0 amide bonds. The Kier molecular flexibility index (Phi) is 3.02. The molecular formula is C15H15N3O2. The molecule has 0 aliphatic rings. The maximum Gasteiger partial charge on any atom is 0.333 e. The van der Waals surface area contributed by atoms with Crippen molar-refractivity contribution in [3.05, 3.63) is 53.1 Å². The van der Waals surface area contributed by atoms with Gasteiger partial charge in [-0.2, -0.15) is 0 Å². The number of fused-ring (bicyclic) bond motifs is 1. The van der Waals surface area contributed by atoms with E-state index in [1.165, 1.54) is 0 Å². The Labute approximate surface area is 116 Å². The Morgan fingerprint density at radius 3 is 2.55 bits per heavy atom. The quantitative estimate of drug-likeness (QED) is 0.731. The van der Waals surface area contributed by atoms with Crippen LogP contribution in [0.15, 0.2) is 47.4 Å². The maximum atomic E-state index is 12.4. The van der Waals surface area contributed by atoms with Gasteiger partial charge in [0.25, 0.3) is 0 Å². The number of aryl methyl sites for hydroxylation is 1. The Hall–Kier alpha value is -2.56. The molecule has 3 aromatic rings. The molecule has 0 unspecified atom stereocenters. The number of aromatic nitrogens is 3. The van der Waals surface area contributed by atoms with E-state index < -0.39 is 0 Å². The predicted octanol–water partition coefficient (Wildman–Crippen LogP) is 2.12. The van der Waals surface area contributed by atoms with E-state index in [4.69, 9.17) is 4.74 Å². The summed E-state index contributed by atoms with van der Waals surface area (Å²) in [4.78, 5) is 16.6. The minimum absolute atomic E-state index is 0.0860. The fraction of sp³-hybridized carbons (Fsp3) is 0.200. The van der Waals surface area contributed by atoms with Crippen LogP contribution in [0.1, 0.15) is 6.92 Å². The first-order valence-electron chi connectivity index (χ1n) is 6.48. The van der Waals surface area contributed by atoms with Crippen LogP contribution in [0.3, 0.4) is 0 Å². The van der Waals surface area contributed by atoms with Crippen molar-refractivity contribution >= 4 is 11.0 Å². The van der Waals surface area contributed by atoms with Gasteiger partial charge in [0.05, 0.1) is 29.5 Å². The van der Waals surface area contributed by atoms with Gasteiger partial charge < -0.3 is 4.74 Å². The molecule has 3 rings (SSSR count). The van der Waals surface area contributed by atoms with Crippen molar-refractivity contribution in [2.45, 2.75) is 6.92 Å². The summed E-state index contributed by atoms with van der Waals surface area (Å²) in [6.45, 7) is 2.48. The first-order chi connectivity index (χ1) is 9.72. The predicted molar refractivity (Wildman–Crippen MR) is 77.5 cm³/mol. The summed E-state index contributed by atoms with van der Waals surface area (Å²) >= 11 is 0. The number of hydrogen-bond acceptors (Lipinski definition) is 3. The summed E-state index contributed by atoms with van der Waals surface area (Å²) < 4.78 is 8.60. The largest absolute Gasteiger partial charge is 0.478 e. The van der Waals surface area contributed by atoms with Gasteiger partial charge >= 0.3 is 5.69 Å². The highest BCUT2D eigenvalue weighted by Crippen LogP contribution is 2.17. The van der Waals surface area contributed by atoms with Gasteiger partial charge in [0.2, 0.25) is 5.88 Å². The molecule has 1 aromatic carbocycles. The monoisotopic (exact) mass is 269 g/mol. The number of ether oxygens (including phenoxy) is 1. The molecule has 5 nitrogen and oxygen atoms in total. The molecule has 0 N–H and O–H groups in total. The number of benzene rings is 1. The minimum Gasteiger partial charge on any atom is -0.478 e. The van der Waals surface area contributed by atoms with E-state index in [1.54, 1.807) is 28.4 Å². The lowest BCUT2D eigenvalue weighted by Crippen LogP contribution is -2.20. The Bertz CT molecular complexity index is 800. The second kappa shape index (κ2) is 4.85. The molecule has 2 aromatic heterocycles. The molecule has 0 aliphatic carbocycles. The van der Waals surface area contributed by atoms with Crippen LogP contribution < -0.4 is 10.4 Å². The van der Waals surface area contributed by atoms with E-state index >= 15 is 0 Å². The van der Waals surface area contributed by atoms with Gasteiger partial charge in [-0.25, -0.2) is 9.78 Å². The smallest absolute Gasteiger partial charge is 0.333 e. The third-order valence-electron chi connectivity index (χ3n) is 3.23. The van der Waals surface area contributed by atoms with Crippen molar-refractivity contribution in [2.24, 2.45) is 7.05 Å². The first kappa shape index (κ1) is 12.5. The summed E-state index contributed by atoms with van der Waals surface area (Å²) in [5, 5.41) is 0. The van der Waals surface area contributed by atoms with Gasteiger partial charge in [0.1, 0.15) is 0 Å². The van der Waals surface area contributed by atoms with Gasteiger partial charge in [-0.15, -0.1) is 0 Å². The molecule has 0 atom stereocenters. The van der Waals surface area contributed by atoms with Gasteiger partial charge in [-0.1, -0.05) is 12.1 Å². The number of pyridine rings is 1. The van der Waals surface area contributed by atoms with E-state index in [-0.39, 0.29) is 5.69 Å². The van der Waals surface area contributed by atoms with Crippen molar-refractivity contribution in [1.82, 2.24) is 14.1 Å². The molecular weight excluding hydrogens is 254 g/mol. The van der Waals surface area contributed by atoms with Gasteiger partial charge in [0, 0.05) is 13.1 Å². The zero-order valence-electron chi connectivity index (χ0n) is 11.4. The van der Waals surface area contributed by atoms with Crippen molar-refractivity contribution in [3.8, 4) is 11.6 Å². The van der Waals surface area contributed by atoms with E-state index in [1.807, 2.05) is 37.3 Å². The summed E-state index contributed by atoms with van der Waals surface area (Å²) in [5.41, 5.74) is 2.41. The Morgan fingerprint density at radius 1 is 1.15 bits per heavy atom. The maximum absolute atomic E-state index is 12.4. The zero-order valence-corrected chi connectivity index (χ0v) is 11.4. The van der Waals surface area contributed by atoms with Gasteiger partial charge in [-0.05, 0) is 25.1 Å². The van der Waals surface area contributed by atoms with Crippen molar-refractivity contribution in [1.29, 1.82) is 0 Å². The summed E-state index contributed by atoms with van der Waals surface area (Å²) in [5.74, 6) is 0.560. The third-order valence-corrected chi connectivity index (χ3v) is 3.23. The fourth-order valence-electron chi connectivity index (χ4n) is 2.28. The highest BCUT2D eigenvalue weighted by atomic mass is 16.5. The summed E-state index contributed by atoms with van der Waals surface area (Å²) in [7, 11) is 1.77. The molecule has 0 bridgehead atoms. The van der Waals surface area contributed by atoms with Crippen LogP contribution in [0.25, 0.3) is 16.7 Å². The van der Waals surface area contributed by atoms with Crippen molar-refractivity contribution in [3.63, 3.8) is 0 Å². The molecule has 20 heavy (non-hydrogen) atoms. The number of imidazole rings is 1. The molecule has 0 fully saturated rings. The van der Waals surface area contributed by atoms with Crippen molar-refractivity contribution in [2.75, 3.05) is 6.61 Å². The van der Waals surface area contributed by atoms with Crippen LogP contribution >= 0.6 is 0 Å². The lowest BCUT2D eigenvalue weighted by atomic mass is 10.3.